The van der Waals surface area contributed by atoms with E-state index >= 15 is 0 Å². The number of anilines is 1. The molecule has 1 aromatic rings. The summed E-state index contributed by atoms with van der Waals surface area (Å²) in [6, 6.07) is 6.76. The Balaban J connectivity index is 2.57. The molecule has 0 fully saturated rings. The first-order chi connectivity index (χ1) is 9.38. The molecule has 0 aliphatic rings. The molecule has 0 aliphatic carbocycles. The van der Waals surface area contributed by atoms with E-state index in [2.05, 4.69) is 10.6 Å². The quantitative estimate of drug-likeness (QED) is 0.723. The minimum atomic E-state index is -0.991. The maximum absolute atomic E-state index is 11.7. The number of aliphatic carboxylic acids is 1. The van der Waals surface area contributed by atoms with Gasteiger partial charge in [-0.2, -0.15) is 0 Å². The Morgan fingerprint density at radius 1 is 1.15 bits per heavy atom. The first-order valence-corrected chi connectivity index (χ1v) is 6.47. The second-order valence-corrected chi connectivity index (χ2v) is 4.92. The number of amides is 2. The van der Waals surface area contributed by atoms with E-state index in [0.717, 1.165) is 11.6 Å². The van der Waals surface area contributed by atoms with E-state index in [0.29, 0.717) is 11.6 Å². The lowest BCUT2D eigenvalue weighted by molar-refractivity contribution is -0.131. The largest absolute Gasteiger partial charge is 0.478 e. The minimum absolute atomic E-state index is 0.0905. The third kappa shape index (κ3) is 5.56. The third-order valence-electron chi connectivity index (χ3n) is 2.95. The Labute approximate surface area is 118 Å². The van der Waals surface area contributed by atoms with E-state index in [1.54, 1.807) is 24.3 Å². The van der Waals surface area contributed by atoms with Gasteiger partial charge >= 0.3 is 12.0 Å². The van der Waals surface area contributed by atoms with Gasteiger partial charge in [-0.05, 0) is 36.6 Å². The van der Waals surface area contributed by atoms with Gasteiger partial charge in [0, 0.05) is 17.8 Å². The Morgan fingerprint density at radius 3 is 2.25 bits per heavy atom. The molecule has 1 aromatic carbocycles. The van der Waals surface area contributed by atoms with Crippen LogP contribution in [0.25, 0.3) is 6.08 Å². The highest BCUT2D eigenvalue weighted by Gasteiger charge is 2.10. The number of benzene rings is 1. The first kappa shape index (κ1) is 15.8. The van der Waals surface area contributed by atoms with Gasteiger partial charge in [-0.1, -0.05) is 26.0 Å². The number of hydrogen-bond acceptors (Lipinski definition) is 2. The monoisotopic (exact) mass is 276 g/mol. The average molecular weight is 276 g/mol. The van der Waals surface area contributed by atoms with Crippen LogP contribution in [-0.2, 0) is 4.79 Å². The van der Waals surface area contributed by atoms with Crippen LogP contribution in [0.15, 0.2) is 30.3 Å². The van der Waals surface area contributed by atoms with E-state index in [-0.39, 0.29) is 12.1 Å². The molecule has 0 radical (unpaired) electrons. The SMILES string of the molecule is CC(C)C(C)NC(=O)Nc1ccc(C=CC(=O)O)cc1. The van der Waals surface area contributed by atoms with Crippen molar-refractivity contribution in [1.82, 2.24) is 5.32 Å². The Kier molecular flexibility index (Phi) is 5.77. The number of carbonyl (C=O) groups excluding carboxylic acids is 1. The molecular weight excluding hydrogens is 256 g/mol. The van der Waals surface area contributed by atoms with Crippen LogP contribution in [-0.4, -0.2) is 23.1 Å². The Morgan fingerprint density at radius 2 is 1.75 bits per heavy atom. The summed E-state index contributed by atoms with van der Waals surface area (Å²) in [4.78, 5) is 22.1. The van der Waals surface area contributed by atoms with Crippen LogP contribution >= 0.6 is 0 Å². The van der Waals surface area contributed by atoms with Gasteiger partial charge in [0.05, 0.1) is 0 Å². The van der Waals surface area contributed by atoms with Crippen LogP contribution in [0.4, 0.5) is 10.5 Å². The number of urea groups is 1. The van der Waals surface area contributed by atoms with Crippen LogP contribution in [0.3, 0.4) is 0 Å². The summed E-state index contributed by atoms with van der Waals surface area (Å²) in [5, 5.41) is 14.1. The van der Waals surface area contributed by atoms with Crippen molar-refractivity contribution in [2.75, 3.05) is 5.32 Å². The van der Waals surface area contributed by atoms with E-state index in [1.807, 2.05) is 20.8 Å². The molecule has 5 heteroatoms. The summed E-state index contributed by atoms with van der Waals surface area (Å²) in [5.41, 5.74) is 1.42. The summed E-state index contributed by atoms with van der Waals surface area (Å²) in [5.74, 6) is -0.626. The molecule has 0 saturated carbocycles. The van der Waals surface area contributed by atoms with Gasteiger partial charge in [-0.25, -0.2) is 9.59 Å². The van der Waals surface area contributed by atoms with Crippen molar-refractivity contribution in [1.29, 1.82) is 0 Å². The van der Waals surface area contributed by atoms with Crippen molar-refractivity contribution >= 4 is 23.8 Å². The highest BCUT2D eigenvalue weighted by atomic mass is 16.4. The fourth-order valence-electron chi connectivity index (χ4n) is 1.39. The van der Waals surface area contributed by atoms with Crippen LogP contribution in [0.2, 0.25) is 0 Å². The normalized spacial score (nSPS) is 12.4. The molecule has 0 heterocycles. The van der Waals surface area contributed by atoms with Gasteiger partial charge in [0.2, 0.25) is 0 Å². The zero-order chi connectivity index (χ0) is 15.1. The zero-order valence-electron chi connectivity index (χ0n) is 11.9. The topological polar surface area (TPSA) is 78.4 Å². The minimum Gasteiger partial charge on any atom is -0.478 e. The number of carbonyl (C=O) groups is 2. The third-order valence-corrected chi connectivity index (χ3v) is 2.95. The fourth-order valence-corrected chi connectivity index (χ4v) is 1.39. The lowest BCUT2D eigenvalue weighted by Crippen LogP contribution is -2.38. The van der Waals surface area contributed by atoms with Crippen molar-refractivity contribution in [2.24, 2.45) is 5.92 Å². The summed E-state index contributed by atoms with van der Waals surface area (Å²) in [6.45, 7) is 6.02. The lowest BCUT2D eigenvalue weighted by Gasteiger charge is -2.17. The molecule has 108 valence electrons. The van der Waals surface area contributed by atoms with Crippen molar-refractivity contribution in [3.8, 4) is 0 Å². The van der Waals surface area contributed by atoms with Crippen molar-refractivity contribution in [3.63, 3.8) is 0 Å². The fraction of sp³-hybridized carbons (Fsp3) is 0.333. The highest BCUT2D eigenvalue weighted by Crippen LogP contribution is 2.11. The maximum Gasteiger partial charge on any atom is 0.328 e. The lowest BCUT2D eigenvalue weighted by atomic mass is 10.1. The van der Waals surface area contributed by atoms with Crippen molar-refractivity contribution in [2.45, 2.75) is 26.8 Å². The molecular formula is C15H20N2O3. The summed E-state index contributed by atoms with van der Waals surface area (Å²) in [6.07, 6.45) is 2.56. The molecule has 0 spiro atoms. The second-order valence-electron chi connectivity index (χ2n) is 4.92. The zero-order valence-corrected chi connectivity index (χ0v) is 11.9. The molecule has 1 unspecified atom stereocenters. The predicted octanol–water partition coefficient (Wildman–Crippen LogP) is 2.95. The Bertz CT molecular complexity index is 492. The number of hydrogen-bond donors (Lipinski definition) is 3. The van der Waals surface area contributed by atoms with Gasteiger partial charge in [-0.15, -0.1) is 0 Å². The smallest absolute Gasteiger partial charge is 0.328 e. The number of carboxylic acid groups (broad SMARTS) is 1. The molecule has 3 N–H and O–H groups in total. The van der Waals surface area contributed by atoms with Crippen LogP contribution in [0.5, 0.6) is 0 Å². The van der Waals surface area contributed by atoms with E-state index in [9.17, 15) is 9.59 Å². The standard InChI is InChI=1S/C15H20N2O3/c1-10(2)11(3)16-15(20)17-13-7-4-12(5-8-13)6-9-14(18)19/h4-11H,1-3H3,(H,18,19)(H2,16,17,20). The summed E-state index contributed by atoms with van der Waals surface area (Å²) >= 11 is 0. The summed E-state index contributed by atoms with van der Waals surface area (Å²) < 4.78 is 0. The van der Waals surface area contributed by atoms with Crippen molar-refractivity contribution in [3.05, 3.63) is 35.9 Å². The van der Waals surface area contributed by atoms with Gasteiger partial charge in [-0.3, -0.25) is 0 Å². The molecule has 0 saturated heterocycles. The second kappa shape index (κ2) is 7.33. The van der Waals surface area contributed by atoms with E-state index in [1.165, 1.54) is 6.08 Å². The van der Waals surface area contributed by atoms with Gasteiger partial charge in [0.25, 0.3) is 0 Å². The molecule has 20 heavy (non-hydrogen) atoms. The van der Waals surface area contributed by atoms with Gasteiger partial charge < -0.3 is 15.7 Å². The number of rotatable bonds is 5. The maximum atomic E-state index is 11.7. The average Bonchev–Trinajstić information content (AvgIpc) is 2.37. The van der Waals surface area contributed by atoms with Crippen molar-refractivity contribution < 1.29 is 14.7 Å². The van der Waals surface area contributed by atoms with E-state index in [4.69, 9.17) is 5.11 Å². The van der Waals surface area contributed by atoms with Crippen LogP contribution in [0, 0.1) is 5.92 Å². The van der Waals surface area contributed by atoms with Crippen LogP contribution < -0.4 is 10.6 Å². The van der Waals surface area contributed by atoms with Gasteiger partial charge in [0.15, 0.2) is 0 Å². The molecule has 2 amide bonds. The molecule has 0 bridgehead atoms. The number of carboxylic acids is 1. The molecule has 0 aromatic heterocycles. The molecule has 0 aliphatic heterocycles. The molecule has 1 atom stereocenters. The predicted molar refractivity (Wildman–Crippen MR) is 79.6 cm³/mol. The van der Waals surface area contributed by atoms with Gasteiger partial charge in [0.1, 0.15) is 0 Å². The molecule has 1 rings (SSSR count). The Hall–Kier alpha value is -2.30. The first-order valence-electron chi connectivity index (χ1n) is 6.47. The summed E-state index contributed by atoms with van der Waals surface area (Å²) in [7, 11) is 0. The molecule has 5 nitrogen and oxygen atoms in total. The number of nitrogens with one attached hydrogen (secondary N) is 2. The highest BCUT2D eigenvalue weighted by molar-refractivity contribution is 5.89. The van der Waals surface area contributed by atoms with Crippen LogP contribution in [0.1, 0.15) is 26.3 Å². The van der Waals surface area contributed by atoms with E-state index < -0.39 is 5.97 Å².